The number of carboxylic acid groups (broad SMARTS) is 1. The van der Waals surface area contributed by atoms with Crippen LogP contribution in [0.1, 0.15) is 30.0 Å². The molecule has 0 radical (unpaired) electrons. The first-order valence-electron chi connectivity index (χ1n) is 7.24. The molecule has 7 nitrogen and oxygen atoms in total. The van der Waals surface area contributed by atoms with Gasteiger partial charge in [0.25, 0.3) is 5.56 Å². The van der Waals surface area contributed by atoms with E-state index >= 15 is 0 Å². The number of benzene rings is 1. The van der Waals surface area contributed by atoms with E-state index in [1.165, 1.54) is 4.57 Å². The summed E-state index contributed by atoms with van der Waals surface area (Å²) in [5, 5.41) is 8.93. The number of aromatic carboxylic acids is 1. The molecule has 0 atom stereocenters. The Hall–Kier alpha value is -2.67. The smallest absolute Gasteiger partial charge is 0.342 e. The van der Waals surface area contributed by atoms with E-state index in [1.807, 2.05) is 13.8 Å². The number of hydrogen-bond donors (Lipinski definition) is 1. The Kier molecular flexibility index (Phi) is 5.48. The molecule has 1 aromatic heterocycles. The third kappa shape index (κ3) is 3.57. The fourth-order valence-corrected chi connectivity index (χ4v) is 2.10. The van der Waals surface area contributed by atoms with Crippen molar-refractivity contribution in [3.8, 4) is 11.4 Å². The van der Waals surface area contributed by atoms with Crippen LogP contribution in [-0.4, -0.2) is 33.8 Å². The fraction of sp³-hybridized carbons (Fsp3) is 0.312. The predicted octanol–water partition coefficient (Wildman–Crippen LogP) is 1.87. The van der Waals surface area contributed by atoms with E-state index < -0.39 is 11.5 Å². The van der Waals surface area contributed by atoms with Crippen molar-refractivity contribution in [3.05, 3.63) is 52.2 Å². The van der Waals surface area contributed by atoms with Gasteiger partial charge in [-0.25, -0.2) is 9.78 Å². The monoisotopic (exact) mass is 318 g/mol. The molecule has 0 aliphatic carbocycles. The maximum atomic E-state index is 12.1. The number of carboxylic acids is 1. The Morgan fingerprint density at radius 3 is 2.65 bits per heavy atom. The lowest BCUT2D eigenvalue weighted by Gasteiger charge is -2.21. The summed E-state index contributed by atoms with van der Waals surface area (Å²) in [4.78, 5) is 27.0. The van der Waals surface area contributed by atoms with Crippen LogP contribution < -0.4 is 10.3 Å². The third-order valence-electron chi connectivity index (χ3n) is 3.14. The van der Waals surface area contributed by atoms with Gasteiger partial charge in [-0.15, -0.1) is 0 Å². The van der Waals surface area contributed by atoms with Crippen LogP contribution in [0.2, 0.25) is 0 Å². The molecule has 0 unspecified atom stereocenters. The molecule has 2 aromatic rings. The van der Waals surface area contributed by atoms with Crippen molar-refractivity contribution >= 4 is 5.97 Å². The summed E-state index contributed by atoms with van der Waals surface area (Å²) in [5.74, 6) is -0.355. The molecule has 2 heterocycles. The molecule has 1 aromatic carbocycles. The van der Waals surface area contributed by atoms with Crippen LogP contribution in [0.25, 0.3) is 5.69 Å². The van der Waals surface area contributed by atoms with Crippen molar-refractivity contribution in [3.63, 3.8) is 0 Å². The largest absolute Gasteiger partial charge is 0.483 e. The molecule has 0 saturated carbocycles. The number of rotatable bonds is 3. The van der Waals surface area contributed by atoms with E-state index in [9.17, 15) is 9.59 Å². The highest BCUT2D eigenvalue weighted by molar-refractivity contribution is 5.86. The standard InChI is InChI=1S/C12H8N2O4.C4H10O/c15-11-7(12(16)17)5-13-10-6-18-9-4-2-1-3-8(9)14(10)11;1-3-5-4-2/h1-5H,6H2,(H,16,17);3-4H2,1-2H3. The molecule has 0 saturated heterocycles. The van der Waals surface area contributed by atoms with E-state index in [0.717, 1.165) is 19.4 Å². The number of ether oxygens (including phenoxy) is 2. The Bertz CT molecular complexity index is 752. The highest BCUT2D eigenvalue weighted by Crippen LogP contribution is 2.26. The van der Waals surface area contributed by atoms with Gasteiger partial charge in [-0.05, 0) is 26.0 Å². The second kappa shape index (κ2) is 7.55. The van der Waals surface area contributed by atoms with Crippen molar-refractivity contribution in [1.82, 2.24) is 9.55 Å². The van der Waals surface area contributed by atoms with Gasteiger partial charge in [-0.3, -0.25) is 9.36 Å². The molecule has 1 N–H and O–H groups in total. The lowest BCUT2D eigenvalue weighted by molar-refractivity contribution is 0.0693. The average Bonchev–Trinajstić information content (AvgIpc) is 2.55. The number of fused-ring (bicyclic) bond motifs is 3. The average molecular weight is 318 g/mol. The third-order valence-corrected chi connectivity index (χ3v) is 3.14. The molecule has 0 fully saturated rings. The SMILES string of the molecule is CCOCC.O=C(O)c1cnc2n(c1=O)-c1ccccc1OC2. The summed E-state index contributed by atoms with van der Waals surface area (Å²) in [6.07, 6.45) is 1.06. The second-order valence-corrected chi connectivity index (χ2v) is 4.57. The minimum atomic E-state index is -1.29. The van der Waals surface area contributed by atoms with Gasteiger partial charge < -0.3 is 14.6 Å². The van der Waals surface area contributed by atoms with E-state index in [-0.39, 0.29) is 12.2 Å². The molecular weight excluding hydrogens is 300 g/mol. The number of hydrogen-bond acceptors (Lipinski definition) is 5. The Labute approximate surface area is 133 Å². The molecule has 23 heavy (non-hydrogen) atoms. The molecule has 122 valence electrons. The van der Waals surface area contributed by atoms with Crippen LogP contribution in [0.3, 0.4) is 0 Å². The second-order valence-electron chi connectivity index (χ2n) is 4.57. The Morgan fingerprint density at radius 1 is 1.35 bits per heavy atom. The van der Waals surface area contributed by atoms with Gasteiger partial charge in [0.2, 0.25) is 0 Å². The fourth-order valence-electron chi connectivity index (χ4n) is 2.10. The Morgan fingerprint density at radius 2 is 2.04 bits per heavy atom. The van der Waals surface area contributed by atoms with Gasteiger partial charge in [0.05, 0.1) is 5.69 Å². The molecule has 7 heteroatoms. The molecule has 3 rings (SSSR count). The molecular formula is C16H18N2O5. The van der Waals surface area contributed by atoms with Crippen molar-refractivity contribution in [2.45, 2.75) is 20.5 Å². The first kappa shape index (κ1) is 16.7. The number of aromatic nitrogens is 2. The number of carbonyl (C=O) groups is 1. The van der Waals surface area contributed by atoms with Gasteiger partial charge in [-0.2, -0.15) is 0 Å². The first-order chi connectivity index (χ1) is 11.1. The molecule has 0 bridgehead atoms. The summed E-state index contributed by atoms with van der Waals surface area (Å²) in [7, 11) is 0. The number of para-hydroxylation sites is 2. The van der Waals surface area contributed by atoms with Crippen molar-refractivity contribution in [2.75, 3.05) is 13.2 Å². The topological polar surface area (TPSA) is 90.6 Å². The zero-order chi connectivity index (χ0) is 16.8. The summed E-state index contributed by atoms with van der Waals surface area (Å²) in [6.45, 7) is 5.81. The predicted molar refractivity (Wildman–Crippen MR) is 83.3 cm³/mol. The maximum Gasteiger partial charge on any atom is 0.342 e. The lowest BCUT2D eigenvalue weighted by Crippen LogP contribution is -2.31. The number of nitrogens with zero attached hydrogens (tertiary/aromatic N) is 2. The molecule has 0 spiro atoms. The van der Waals surface area contributed by atoms with Gasteiger partial charge in [0, 0.05) is 19.4 Å². The van der Waals surface area contributed by atoms with E-state index in [1.54, 1.807) is 24.3 Å². The zero-order valence-electron chi connectivity index (χ0n) is 13.0. The summed E-state index contributed by atoms with van der Waals surface area (Å²) in [6, 6.07) is 6.94. The summed E-state index contributed by atoms with van der Waals surface area (Å²) < 4.78 is 11.5. The van der Waals surface area contributed by atoms with Gasteiger partial charge in [0.1, 0.15) is 17.9 Å². The highest BCUT2D eigenvalue weighted by Gasteiger charge is 2.22. The molecule has 1 aliphatic rings. The van der Waals surface area contributed by atoms with E-state index in [2.05, 4.69) is 4.98 Å². The van der Waals surface area contributed by atoms with Gasteiger partial charge in [-0.1, -0.05) is 12.1 Å². The minimum absolute atomic E-state index is 0.145. The van der Waals surface area contributed by atoms with Crippen molar-refractivity contribution in [1.29, 1.82) is 0 Å². The van der Waals surface area contributed by atoms with Gasteiger partial charge >= 0.3 is 5.97 Å². The van der Waals surface area contributed by atoms with E-state index in [0.29, 0.717) is 17.3 Å². The van der Waals surface area contributed by atoms with Crippen LogP contribution in [0.5, 0.6) is 5.75 Å². The molecule has 0 amide bonds. The van der Waals surface area contributed by atoms with Gasteiger partial charge in [0.15, 0.2) is 5.82 Å². The zero-order valence-corrected chi connectivity index (χ0v) is 13.0. The van der Waals surface area contributed by atoms with Crippen LogP contribution in [0, 0.1) is 0 Å². The summed E-state index contributed by atoms with van der Waals surface area (Å²) in [5.41, 5.74) is -0.432. The van der Waals surface area contributed by atoms with E-state index in [4.69, 9.17) is 14.6 Å². The highest BCUT2D eigenvalue weighted by atomic mass is 16.5. The normalized spacial score (nSPS) is 11.4. The first-order valence-corrected chi connectivity index (χ1v) is 7.24. The van der Waals surface area contributed by atoms with Crippen LogP contribution >= 0.6 is 0 Å². The minimum Gasteiger partial charge on any atom is -0.483 e. The van der Waals surface area contributed by atoms with Crippen molar-refractivity contribution < 1.29 is 19.4 Å². The van der Waals surface area contributed by atoms with Crippen LogP contribution in [-0.2, 0) is 11.3 Å². The quantitative estimate of drug-likeness (QED) is 0.929. The maximum absolute atomic E-state index is 12.1. The van der Waals surface area contributed by atoms with Crippen LogP contribution in [0.4, 0.5) is 0 Å². The summed E-state index contributed by atoms with van der Waals surface area (Å²) >= 11 is 0. The van der Waals surface area contributed by atoms with Crippen LogP contribution in [0.15, 0.2) is 35.3 Å². The molecule has 1 aliphatic heterocycles. The lowest BCUT2D eigenvalue weighted by atomic mass is 10.2. The Balaban J connectivity index is 0.000000338. The van der Waals surface area contributed by atoms with Crippen molar-refractivity contribution in [2.24, 2.45) is 0 Å².